The lowest BCUT2D eigenvalue weighted by atomic mass is 9.79. The van der Waals surface area contributed by atoms with Crippen LogP contribution in [0.3, 0.4) is 0 Å². The van der Waals surface area contributed by atoms with E-state index in [2.05, 4.69) is 40.0 Å². The lowest BCUT2D eigenvalue weighted by Gasteiger charge is -2.41. The minimum Gasteiger partial charge on any atom is -0.388 e. The first-order valence-electron chi connectivity index (χ1n) is 10.9. The number of benzene rings is 2. The number of fused-ring (bicyclic) bond motifs is 3. The first kappa shape index (κ1) is 20.2. The summed E-state index contributed by atoms with van der Waals surface area (Å²) in [5, 5.41) is 11.3. The molecule has 2 aliphatic carbocycles. The van der Waals surface area contributed by atoms with Gasteiger partial charge in [0.15, 0.2) is 0 Å². The molecule has 5 nitrogen and oxygen atoms in total. The van der Waals surface area contributed by atoms with Gasteiger partial charge < -0.3 is 5.11 Å². The van der Waals surface area contributed by atoms with Crippen molar-refractivity contribution in [2.45, 2.75) is 42.1 Å². The molecule has 2 atom stereocenters. The van der Waals surface area contributed by atoms with E-state index in [1.807, 2.05) is 12.1 Å². The Bertz CT molecular complexity index is 1010. The Morgan fingerprint density at radius 1 is 1.03 bits per heavy atom. The molecule has 3 aliphatic rings. The largest absolute Gasteiger partial charge is 0.388 e. The molecule has 2 fully saturated rings. The summed E-state index contributed by atoms with van der Waals surface area (Å²) in [7, 11) is -1.97. The summed E-state index contributed by atoms with van der Waals surface area (Å²) >= 11 is 0. The fourth-order valence-electron chi connectivity index (χ4n) is 6.20. The number of nitrogens with zero attached hydrogens (tertiary/aromatic N) is 1. The molecule has 1 saturated heterocycles. The molecular formula is C24H30N2O3S. The second-order valence-corrected chi connectivity index (χ2v) is 11.3. The first-order valence-corrected chi connectivity index (χ1v) is 12.4. The average Bonchev–Trinajstić information content (AvgIpc) is 3.20. The van der Waals surface area contributed by atoms with Crippen LogP contribution in [0.1, 0.15) is 35.4 Å². The highest BCUT2D eigenvalue weighted by Crippen LogP contribution is 2.48. The third kappa shape index (κ3) is 3.60. The highest BCUT2D eigenvalue weighted by molar-refractivity contribution is 7.89. The lowest BCUT2D eigenvalue weighted by Crippen LogP contribution is -2.49. The van der Waals surface area contributed by atoms with E-state index in [0.717, 1.165) is 38.0 Å². The molecule has 1 aliphatic heterocycles. The van der Waals surface area contributed by atoms with Gasteiger partial charge in [-0.2, -0.15) is 0 Å². The van der Waals surface area contributed by atoms with Crippen LogP contribution in [0.2, 0.25) is 0 Å². The molecule has 2 aromatic rings. The molecule has 5 rings (SSSR count). The fourth-order valence-corrected chi connectivity index (χ4v) is 6.99. The third-order valence-corrected chi connectivity index (χ3v) is 8.82. The maximum atomic E-state index is 12.2. The van der Waals surface area contributed by atoms with Gasteiger partial charge in [0.05, 0.1) is 10.5 Å². The van der Waals surface area contributed by atoms with Gasteiger partial charge in [-0.3, -0.25) is 4.90 Å². The number of aliphatic hydroxyl groups is 1. The van der Waals surface area contributed by atoms with Crippen molar-refractivity contribution in [3.63, 3.8) is 0 Å². The number of β-amino-alcohol motifs (C(OH)–C–C–N with tert-alkyl or cyclic N) is 1. The number of rotatable bonds is 5. The van der Waals surface area contributed by atoms with Crippen molar-refractivity contribution < 1.29 is 13.5 Å². The van der Waals surface area contributed by atoms with Crippen molar-refractivity contribution in [3.05, 3.63) is 65.2 Å². The summed E-state index contributed by atoms with van der Waals surface area (Å²) in [4.78, 5) is 2.81. The summed E-state index contributed by atoms with van der Waals surface area (Å²) in [5.41, 5.74) is 3.03. The minimum absolute atomic E-state index is 0.349. The quantitative estimate of drug-likeness (QED) is 0.771. The van der Waals surface area contributed by atoms with E-state index in [1.54, 1.807) is 6.07 Å². The Balaban J connectivity index is 1.31. The maximum Gasteiger partial charge on any atom is 0.240 e. The molecule has 0 amide bonds. The summed E-state index contributed by atoms with van der Waals surface area (Å²) < 4.78 is 26.9. The standard InChI is InChI=1S/C24H30N2O3S/c1-25-30(28,29)22-8-4-7-17(11-22)23-20-9-10-21(23)15-26(14-20)16-24(27)12-18-5-2-3-6-19(18)13-24/h2-8,11,20-21,23,25,27H,9-10,12-16H2,1H3. The number of hydrogen-bond donors (Lipinski definition) is 2. The van der Waals surface area contributed by atoms with Gasteiger partial charge in [-0.25, -0.2) is 13.1 Å². The molecule has 2 aromatic carbocycles. The molecule has 2 N–H and O–H groups in total. The van der Waals surface area contributed by atoms with Crippen LogP contribution in [-0.4, -0.2) is 50.7 Å². The molecular weight excluding hydrogens is 396 g/mol. The molecule has 0 aromatic heterocycles. The molecule has 2 unspecified atom stereocenters. The van der Waals surface area contributed by atoms with Gasteiger partial charge in [-0.05, 0) is 66.5 Å². The topological polar surface area (TPSA) is 69.6 Å². The van der Waals surface area contributed by atoms with E-state index >= 15 is 0 Å². The van der Waals surface area contributed by atoms with Crippen LogP contribution in [-0.2, 0) is 22.9 Å². The lowest BCUT2D eigenvalue weighted by molar-refractivity contribution is -0.00449. The number of sulfonamides is 1. The third-order valence-electron chi connectivity index (χ3n) is 7.41. The van der Waals surface area contributed by atoms with Crippen molar-refractivity contribution >= 4 is 10.0 Å². The second-order valence-electron chi connectivity index (χ2n) is 9.44. The molecule has 160 valence electrons. The first-order chi connectivity index (χ1) is 14.4. The van der Waals surface area contributed by atoms with Gasteiger partial charge in [0.25, 0.3) is 0 Å². The molecule has 6 heteroatoms. The predicted molar refractivity (Wildman–Crippen MR) is 117 cm³/mol. The smallest absolute Gasteiger partial charge is 0.240 e. The zero-order valence-corrected chi connectivity index (χ0v) is 18.2. The summed E-state index contributed by atoms with van der Waals surface area (Å²) in [6.45, 7) is 2.67. The van der Waals surface area contributed by atoms with E-state index in [4.69, 9.17) is 0 Å². The van der Waals surface area contributed by atoms with Gasteiger partial charge in [0.2, 0.25) is 10.0 Å². The van der Waals surface area contributed by atoms with Crippen molar-refractivity contribution in [2.75, 3.05) is 26.7 Å². The van der Waals surface area contributed by atoms with E-state index in [9.17, 15) is 13.5 Å². The number of piperidine rings is 1. The van der Waals surface area contributed by atoms with Crippen molar-refractivity contribution in [2.24, 2.45) is 11.8 Å². The summed E-state index contributed by atoms with van der Waals surface area (Å²) in [6.07, 6.45) is 3.83. The Morgan fingerprint density at radius 2 is 1.67 bits per heavy atom. The van der Waals surface area contributed by atoms with Gasteiger partial charge >= 0.3 is 0 Å². The van der Waals surface area contributed by atoms with E-state index < -0.39 is 15.6 Å². The zero-order chi connectivity index (χ0) is 20.9. The normalized spacial score (nSPS) is 27.9. The van der Waals surface area contributed by atoms with Gasteiger partial charge in [-0.15, -0.1) is 0 Å². The van der Waals surface area contributed by atoms with Crippen LogP contribution in [0, 0.1) is 11.8 Å². The minimum atomic E-state index is -3.43. The number of hydrogen-bond acceptors (Lipinski definition) is 4. The molecule has 2 bridgehead atoms. The monoisotopic (exact) mass is 426 g/mol. The summed E-state index contributed by atoms with van der Waals surface area (Å²) in [5.74, 6) is 1.44. The molecule has 1 heterocycles. The van der Waals surface area contributed by atoms with Crippen LogP contribution >= 0.6 is 0 Å². The molecule has 30 heavy (non-hydrogen) atoms. The van der Waals surface area contributed by atoms with Crippen LogP contribution in [0.4, 0.5) is 0 Å². The highest BCUT2D eigenvalue weighted by atomic mass is 32.2. The molecule has 1 saturated carbocycles. The van der Waals surface area contributed by atoms with E-state index in [1.165, 1.54) is 31.0 Å². The average molecular weight is 427 g/mol. The predicted octanol–water partition coefficient (Wildman–Crippen LogP) is 2.55. The Kier molecular flexibility index (Phi) is 5.01. The summed E-state index contributed by atoms with van der Waals surface area (Å²) in [6, 6.07) is 15.9. The Labute approximate surface area is 179 Å². The van der Waals surface area contributed by atoms with Crippen LogP contribution in [0.5, 0.6) is 0 Å². The molecule has 0 radical (unpaired) electrons. The van der Waals surface area contributed by atoms with Gasteiger partial charge in [0.1, 0.15) is 0 Å². The van der Waals surface area contributed by atoms with E-state index in [-0.39, 0.29) is 0 Å². The van der Waals surface area contributed by atoms with Crippen molar-refractivity contribution in [3.8, 4) is 0 Å². The number of likely N-dealkylation sites (tertiary alicyclic amines) is 1. The van der Waals surface area contributed by atoms with Crippen molar-refractivity contribution in [1.29, 1.82) is 0 Å². The van der Waals surface area contributed by atoms with Crippen LogP contribution in [0.15, 0.2) is 53.4 Å². The van der Waals surface area contributed by atoms with Crippen molar-refractivity contribution in [1.82, 2.24) is 9.62 Å². The Morgan fingerprint density at radius 3 is 2.27 bits per heavy atom. The fraction of sp³-hybridized carbons (Fsp3) is 0.500. The molecule has 0 spiro atoms. The maximum absolute atomic E-state index is 12.2. The Hall–Kier alpha value is -1.73. The second kappa shape index (κ2) is 7.45. The van der Waals surface area contributed by atoms with Gasteiger partial charge in [0, 0.05) is 32.5 Å². The van der Waals surface area contributed by atoms with Crippen LogP contribution in [0.25, 0.3) is 0 Å². The highest BCUT2D eigenvalue weighted by Gasteiger charge is 2.45. The number of nitrogens with one attached hydrogen (secondary N) is 1. The SMILES string of the molecule is CNS(=O)(=O)c1cccc(C2C3CCC2CN(CC2(O)Cc4ccccc4C2)C3)c1. The zero-order valence-electron chi connectivity index (χ0n) is 17.4. The van der Waals surface area contributed by atoms with E-state index in [0.29, 0.717) is 22.6 Å². The van der Waals surface area contributed by atoms with Crippen LogP contribution < -0.4 is 4.72 Å². The van der Waals surface area contributed by atoms with Gasteiger partial charge in [-0.1, -0.05) is 36.4 Å².